The van der Waals surface area contributed by atoms with E-state index in [-0.39, 0.29) is 18.1 Å². The summed E-state index contributed by atoms with van der Waals surface area (Å²) in [5, 5.41) is 2.84. The Morgan fingerprint density at radius 2 is 1.81 bits per heavy atom. The largest absolute Gasteiger partial charge is 0.485 e. The van der Waals surface area contributed by atoms with Gasteiger partial charge in [-0.1, -0.05) is 30.3 Å². The Balaban J connectivity index is 1.46. The molecule has 7 nitrogen and oxygen atoms in total. The molecule has 1 N–H and O–H groups in total. The second kappa shape index (κ2) is 9.34. The van der Waals surface area contributed by atoms with Crippen LogP contribution in [0.2, 0.25) is 0 Å². The number of rotatable bonds is 7. The summed E-state index contributed by atoms with van der Waals surface area (Å²) in [5.41, 5.74) is 2.40. The number of hydrogen-bond donors (Lipinski definition) is 1. The fourth-order valence-electron chi connectivity index (χ4n) is 3.17. The normalized spacial score (nSPS) is 11.7. The zero-order chi connectivity index (χ0) is 22.5. The van der Waals surface area contributed by atoms with Crippen molar-refractivity contribution in [1.82, 2.24) is 9.38 Å². The van der Waals surface area contributed by atoms with Crippen LogP contribution in [0.5, 0.6) is 11.5 Å². The zero-order valence-corrected chi connectivity index (χ0v) is 17.8. The van der Waals surface area contributed by atoms with E-state index in [1.54, 1.807) is 49.5 Å². The van der Waals surface area contributed by atoms with Gasteiger partial charge in [-0.3, -0.25) is 14.0 Å². The van der Waals surface area contributed by atoms with E-state index in [1.807, 2.05) is 37.3 Å². The zero-order valence-electron chi connectivity index (χ0n) is 17.8. The van der Waals surface area contributed by atoms with Gasteiger partial charge in [0.2, 0.25) is 0 Å². The first-order valence-electron chi connectivity index (χ1n) is 10.2. The van der Waals surface area contributed by atoms with Gasteiger partial charge in [0.1, 0.15) is 23.8 Å². The number of benzene rings is 2. The molecule has 7 heteroatoms. The summed E-state index contributed by atoms with van der Waals surface area (Å²) >= 11 is 0. The summed E-state index contributed by atoms with van der Waals surface area (Å²) in [6.07, 6.45) is 1.00. The van der Waals surface area contributed by atoms with Crippen molar-refractivity contribution in [2.24, 2.45) is 0 Å². The van der Waals surface area contributed by atoms with Gasteiger partial charge >= 0.3 is 0 Å². The maximum absolute atomic E-state index is 12.6. The fraction of sp³-hybridized carbons (Fsp3) is 0.160. The molecule has 32 heavy (non-hydrogen) atoms. The second-order valence-corrected chi connectivity index (χ2v) is 7.37. The van der Waals surface area contributed by atoms with Gasteiger partial charge in [0.15, 0.2) is 6.10 Å². The van der Waals surface area contributed by atoms with Crippen LogP contribution in [0.1, 0.15) is 18.2 Å². The highest BCUT2D eigenvalue weighted by molar-refractivity contribution is 5.95. The van der Waals surface area contributed by atoms with Gasteiger partial charge in [-0.25, -0.2) is 4.98 Å². The second-order valence-electron chi connectivity index (χ2n) is 7.37. The van der Waals surface area contributed by atoms with Gasteiger partial charge in [0, 0.05) is 12.3 Å². The molecule has 4 aromatic rings. The highest BCUT2D eigenvalue weighted by Gasteiger charge is 2.17. The SMILES string of the molecule is Cc1ccn2c(=O)cc(COc3ccccc3NC(=O)[C@@H](C)Oc3ccccc3)nc2c1. The molecule has 0 fully saturated rings. The van der Waals surface area contributed by atoms with Crippen molar-refractivity contribution in [2.45, 2.75) is 26.6 Å². The van der Waals surface area contributed by atoms with Crippen molar-refractivity contribution in [1.29, 1.82) is 0 Å². The molecule has 2 aromatic heterocycles. The fourth-order valence-corrected chi connectivity index (χ4v) is 3.17. The first-order valence-corrected chi connectivity index (χ1v) is 10.2. The summed E-state index contributed by atoms with van der Waals surface area (Å²) in [7, 11) is 0. The lowest BCUT2D eigenvalue weighted by molar-refractivity contribution is -0.122. The van der Waals surface area contributed by atoms with Gasteiger partial charge in [-0.2, -0.15) is 0 Å². The number of nitrogens with one attached hydrogen (secondary N) is 1. The van der Waals surface area contributed by atoms with E-state index in [2.05, 4.69) is 10.3 Å². The molecule has 1 amide bonds. The number of aromatic nitrogens is 2. The lowest BCUT2D eigenvalue weighted by atomic mass is 10.2. The number of ether oxygens (including phenoxy) is 2. The summed E-state index contributed by atoms with van der Waals surface area (Å²) < 4.78 is 13.1. The van der Waals surface area contributed by atoms with Crippen LogP contribution in [-0.2, 0) is 11.4 Å². The average molecular weight is 429 g/mol. The van der Waals surface area contributed by atoms with E-state index in [1.165, 1.54) is 10.5 Å². The van der Waals surface area contributed by atoms with Crippen LogP contribution in [0.3, 0.4) is 0 Å². The van der Waals surface area contributed by atoms with Gasteiger partial charge < -0.3 is 14.8 Å². The van der Waals surface area contributed by atoms with E-state index in [9.17, 15) is 9.59 Å². The maximum Gasteiger partial charge on any atom is 0.265 e. The summed E-state index contributed by atoms with van der Waals surface area (Å²) in [4.78, 5) is 29.5. The standard InChI is InChI=1S/C25H23N3O4/c1-17-12-13-28-23(14-17)26-19(15-24(28)29)16-31-22-11-7-6-10-21(22)27-25(30)18(2)32-20-8-4-3-5-9-20/h3-15,18H,16H2,1-2H3,(H,27,30)/t18-/m1/s1. The minimum atomic E-state index is -0.698. The number of hydrogen-bond acceptors (Lipinski definition) is 5. The molecule has 0 saturated carbocycles. The summed E-state index contributed by atoms with van der Waals surface area (Å²) in [6, 6.07) is 21.4. The smallest absolute Gasteiger partial charge is 0.265 e. The molecule has 2 aromatic carbocycles. The number of carbonyl (C=O) groups excluding carboxylic acids is 1. The highest BCUT2D eigenvalue weighted by atomic mass is 16.5. The minimum Gasteiger partial charge on any atom is -0.485 e. The van der Waals surface area contributed by atoms with Gasteiger partial charge in [0.05, 0.1) is 11.4 Å². The number of nitrogens with zero attached hydrogens (tertiary/aromatic N) is 2. The molecule has 0 saturated heterocycles. The summed E-state index contributed by atoms with van der Waals surface area (Å²) in [5.74, 6) is 0.782. The third-order valence-corrected chi connectivity index (χ3v) is 4.82. The predicted molar refractivity (Wildman–Crippen MR) is 122 cm³/mol. The molecule has 0 aliphatic heterocycles. The lowest BCUT2D eigenvalue weighted by Gasteiger charge is -2.16. The molecular weight excluding hydrogens is 406 g/mol. The molecule has 162 valence electrons. The van der Waals surface area contributed by atoms with Crippen LogP contribution in [0, 0.1) is 6.92 Å². The van der Waals surface area contributed by atoms with Gasteiger partial charge in [0.25, 0.3) is 11.5 Å². The summed E-state index contributed by atoms with van der Waals surface area (Å²) in [6.45, 7) is 3.71. The van der Waals surface area contributed by atoms with Crippen molar-refractivity contribution in [2.75, 3.05) is 5.32 Å². The predicted octanol–water partition coefficient (Wildman–Crippen LogP) is 3.99. The van der Waals surface area contributed by atoms with Crippen LogP contribution in [0.25, 0.3) is 5.65 Å². The molecule has 0 bridgehead atoms. The number of amides is 1. The maximum atomic E-state index is 12.6. The van der Waals surface area contributed by atoms with E-state index in [0.717, 1.165) is 5.56 Å². The molecule has 2 heterocycles. The Kier molecular flexibility index (Phi) is 6.17. The van der Waals surface area contributed by atoms with Crippen molar-refractivity contribution in [3.63, 3.8) is 0 Å². The molecule has 4 rings (SSSR count). The Morgan fingerprint density at radius 3 is 2.62 bits per heavy atom. The molecule has 0 unspecified atom stereocenters. The number of anilines is 1. The monoisotopic (exact) mass is 429 g/mol. The van der Waals surface area contributed by atoms with E-state index in [0.29, 0.717) is 28.5 Å². The van der Waals surface area contributed by atoms with Crippen molar-refractivity contribution >= 4 is 17.2 Å². The van der Waals surface area contributed by atoms with Crippen LogP contribution in [0.4, 0.5) is 5.69 Å². The lowest BCUT2D eigenvalue weighted by Crippen LogP contribution is -2.30. The number of fused-ring (bicyclic) bond motifs is 1. The third kappa shape index (κ3) is 4.95. The number of para-hydroxylation sites is 3. The quantitative estimate of drug-likeness (QED) is 0.480. The Labute approximate surface area is 185 Å². The third-order valence-electron chi connectivity index (χ3n) is 4.82. The van der Waals surface area contributed by atoms with E-state index >= 15 is 0 Å². The van der Waals surface area contributed by atoms with Gasteiger partial charge in [-0.05, 0) is 55.8 Å². The number of pyridine rings is 1. The topological polar surface area (TPSA) is 81.9 Å². The van der Waals surface area contributed by atoms with Crippen LogP contribution in [0.15, 0.2) is 83.8 Å². The van der Waals surface area contributed by atoms with Crippen LogP contribution >= 0.6 is 0 Å². The molecule has 0 radical (unpaired) electrons. The molecule has 0 aliphatic rings. The van der Waals surface area contributed by atoms with Crippen molar-refractivity contribution < 1.29 is 14.3 Å². The Bertz CT molecular complexity index is 1300. The van der Waals surface area contributed by atoms with Gasteiger partial charge in [-0.15, -0.1) is 0 Å². The molecule has 1 atom stereocenters. The Hall–Kier alpha value is -4.13. The first kappa shape index (κ1) is 21.1. The number of carbonyl (C=O) groups is 1. The molecule has 0 aliphatic carbocycles. The van der Waals surface area contributed by atoms with Crippen LogP contribution < -0.4 is 20.3 Å². The van der Waals surface area contributed by atoms with E-state index < -0.39 is 6.10 Å². The Morgan fingerprint density at radius 1 is 1.06 bits per heavy atom. The van der Waals surface area contributed by atoms with Crippen molar-refractivity contribution in [3.8, 4) is 11.5 Å². The highest BCUT2D eigenvalue weighted by Crippen LogP contribution is 2.25. The molecule has 0 spiro atoms. The minimum absolute atomic E-state index is 0.0859. The van der Waals surface area contributed by atoms with E-state index in [4.69, 9.17) is 9.47 Å². The first-order chi connectivity index (χ1) is 15.5. The molecular formula is C25H23N3O4. The average Bonchev–Trinajstić information content (AvgIpc) is 2.79. The number of aryl methyl sites for hydroxylation is 1. The van der Waals surface area contributed by atoms with Crippen molar-refractivity contribution in [3.05, 3.63) is 101 Å². The van der Waals surface area contributed by atoms with Crippen LogP contribution in [-0.4, -0.2) is 21.4 Å².